The van der Waals surface area contributed by atoms with Crippen molar-refractivity contribution < 1.29 is 13.0 Å². The molecule has 0 radical (unpaired) electrons. The van der Waals surface area contributed by atoms with Gasteiger partial charge >= 0.3 is 0 Å². The molecule has 1 rings (SSSR count). The summed E-state index contributed by atoms with van der Waals surface area (Å²) in [6.45, 7) is -0.506. The van der Waals surface area contributed by atoms with Gasteiger partial charge < -0.3 is 0 Å². The van der Waals surface area contributed by atoms with Crippen molar-refractivity contribution in [3.63, 3.8) is 0 Å². The second kappa shape index (κ2) is 3.95. The van der Waals surface area contributed by atoms with Crippen molar-refractivity contribution in [2.24, 2.45) is 0 Å². The van der Waals surface area contributed by atoms with Crippen LogP contribution in [0.4, 0.5) is 8.78 Å². The molecular formula is C5H5ClF2N2OS. The van der Waals surface area contributed by atoms with Crippen molar-refractivity contribution >= 4 is 20.7 Å². The van der Waals surface area contributed by atoms with Crippen LogP contribution >= 0.6 is 10.7 Å². The molecule has 1 heterocycles. The first kappa shape index (κ1) is 9.60. The van der Waals surface area contributed by atoms with Gasteiger partial charge in [0.25, 0.3) is 6.43 Å². The number of hydrogen-bond donors (Lipinski definition) is 0. The molecule has 7 heteroatoms. The van der Waals surface area contributed by atoms with Crippen LogP contribution in [0.15, 0.2) is 17.3 Å². The van der Waals surface area contributed by atoms with Crippen LogP contribution in [0.1, 0.15) is 0 Å². The van der Waals surface area contributed by atoms with Crippen molar-refractivity contribution in [2.45, 2.75) is 17.9 Å². The number of hydrogen-bond acceptors (Lipinski definition) is 2. The molecule has 0 aliphatic heterocycles. The Kier molecular flexibility index (Phi) is 3.16. The van der Waals surface area contributed by atoms with E-state index >= 15 is 0 Å². The molecule has 0 amide bonds. The minimum Gasteiger partial charge on any atom is -0.266 e. The topological polar surface area (TPSA) is 34.9 Å². The van der Waals surface area contributed by atoms with Crippen LogP contribution < -0.4 is 0 Å². The Morgan fingerprint density at radius 1 is 1.75 bits per heavy atom. The monoisotopic (exact) mass is 214 g/mol. The third-order valence-corrected chi connectivity index (χ3v) is 2.24. The molecule has 0 N–H and O–H groups in total. The average Bonchev–Trinajstić information content (AvgIpc) is 2.34. The van der Waals surface area contributed by atoms with E-state index in [1.165, 1.54) is 12.4 Å². The van der Waals surface area contributed by atoms with E-state index in [2.05, 4.69) is 5.10 Å². The standard InChI is InChI=1S/C5H5ClF2N2OS/c6-12(11)4-1-9-10(2-4)3-5(7)8/h1-2,5H,3H2. The predicted octanol–water partition coefficient (Wildman–Crippen LogP) is 1.41. The molecule has 0 spiro atoms. The molecule has 0 aliphatic rings. The SMILES string of the molecule is O=S(Cl)c1cnn(CC(F)F)c1. The highest BCUT2D eigenvalue weighted by Crippen LogP contribution is 2.08. The Hall–Kier alpha value is -0.490. The van der Waals surface area contributed by atoms with Crippen LogP contribution in [-0.4, -0.2) is 20.4 Å². The minimum absolute atomic E-state index is 0.234. The number of aromatic nitrogens is 2. The predicted molar refractivity (Wildman–Crippen MR) is 40.5 cm³/mol. The fraction of sp³-hybridized carbons (Fsp3) is 0.400. The summed E-state index contributed by atoms with van der Waals surface area (Å²) in [6.07, 6.45) is -0.0395. The molecule has 3 nitrogen and oxygen atoms in total. The molecular weight excluding hydrogens is 210 g/mol. The lowest BCUT2D eigenvalue weighted by Crippen LogP contribution is -2.06. The van der Waals surface area contributed by atoms with Gasteiger partial charge in [-0.2, -0.15) is 5.10 Å². The molecule has 1 atom stereocenters. The Morgan fingerprint density at radius 3 is 2.83 bits per heavy atom. The van der Waals surface area contributed by atoms with Crippen molar-refractivity contribution in [3.05, 3.63) is 12.4 Å². The highest BCUT2D eigenvalue weighted by Gasteiger charge is 2.07. The van der Waals surface area contributed by atoms with Gasteiger partial charge in [-0.05, 0) is 10.7 Å². The highest BCUT2D eigenvalue weighted by atomic mass is 35.7. The summed E-state index contributed by atoms with van der Waals surface area (Å²) in [5.74, 6) is 0. The third-order valence-electron chi connectivity index (χ3n) is 1.12. The van der Waals surface area contributed by atoms with E-state index in [-0.39, 0.29) is 4.90 Å². The van der Waals surface area contributed by atoms with Gasteiger partial charge in [-0.1, -0.05) is 0 Å². The third kappa shape index (κ3) is 2.53. The zero-order chi connectivity index (χ0) is 9.14. The van der Waals surface area contributed by atoms with E-state index in [0.717, 1.165) is 4.68 Å². The van der Waals surface area contributed by atoms with Crippen molar-refractivity contribution in [1.82, 2.24) is 9.78 Å². The van der Waals surface area contributed by atoms with Crippen LogP contribution in [-0.2, 0) is 16.6 Å². The maximum atomic E-state index is 11.8. The molecule has 0 saturated carbocycles. The fourth-order valence-corrected chi connectivity index (χ4v) is 1.24. The average molecular weight is 215 g/mol. The number of alkyl halides is 2. The van der Waals surface area contributed by atoms with E-state index in [0.29, 0.717) is 0 Å². The lowest BCUT2D eigenvalue weighted by Gasteiger charge is -1.96. The van der Waals surface area contributed by atoms with Crippen LogP contribution in [0, 0.1) is 0 Å². The van der Waals surface area contributed by atoms with Crippen LogP contribution in [0.5, 0.6) is 0 Å². The van der Waals surface area contributed by atoms with Gasteiger partial charge in [0.15, 0.2) is 10.0 Å². The molecule has 12 heavy (non-hydrogen) atoms. The zero-order valence-electron chi connectivity index (χ0n) is 5.78. The van der Waals surface area contributed by atoms with Gasteiger partial charge in [0.2, 0.25) is 0 Å². The molecule has 0 aromatic carbocycles. The summed E-state index contributed by atoms with van der Waals surface area (Å²) in [6, 6.07) is 0. The summed E-state index contributed by atoms with van der Waals surface area (Å²) < 4.78 is 35.1. The molecule has 0 bridgehead atoms. The van der Waals surface area contributed by atoms with E-state index in [4.69, 9.17) is 10.7 Å². The van der Waals surface area contributed by atoms with E-state index in [1.54, 1.807) is 0 Å². The fourth-order valence-electron chi connectivity index (χ4n) is 0.669. The largest absolute Gasteiger partial charge is 0.266 e. The summed E-state index contributed by atoms with van der Waals surface area (Å²) in [5, 5.41) is 3.54. The van der Waals surface area contributed by atoms with Crippen LogP contribution in [0.2, 0.25) is 0 Å². The second-order valence-electron chi connectivity index (χ2n) is 2.01. The number of rotatable bonds is 3. The maximum absolute atomic E-state index is 11.8. The van der Waals surface area contributed by atoms with Gasteiger partial charge in [-0.15, -0.1) is 0 Å². The lowest BCUT2D eigenvalue weighted by molar-refractivity contribution is 0.121. The van der Waals surface area contributed by atoms with Crippen LogP contribution in [0.25, 0.3) is 0 Å². The first-order chi connectivity index (χ1) is 5.59. The first-order valence-electron chi connectivity index (χ1n) is 2.98. The Labute approximate surface area is 74.3 Å². The molecule has 1 aromatic rings. The first-order valence-corrected chi connectivity index (χ1v) is 4.96. The summed E-state index contributed by atoms with van der Waals surface area (Å²) in [7, 11) is 3.51. The molecule has 0 aliphatic carbocycles. The highest BCUT2D eigenvalue weighted by molar-refractivity contribution is 8.08. The summed E-state index contributed by atoms with van der Waals surface area (Å²) in [4.78, 5) is 0.234. The van der Waals surface area contributed by atoms with Gasteiger partial charge in [0.1, 0.15) is 6.54 Å². The maximum Gasteiger partial charge on any atom is 0.257 e. The van der Waals surface area contributed by atoms with Crippen molar-refractivity contribution in [1.29, 1.82) is 0 Å². The van der Waals surface area contributed by atoms with Gasteiger partial charge in [0, 0.05) is 6.20 Å². The Morgan fingerprint density at radius 2 is 2.42 bits per heavy atom. The molecule has 1 unspecified atom stereocenters. The quantitative estimate of drug-likeness (QED) is 0.714. The number of nitrogens with zero attached hydrogens (tertiary/aromatic N) is 2. The molecule has 0 fully saturated rings. The van der Waals surface area contributed by atoms with Gasteiger partial charge in [0.05, 0.1) is 11.1 Å². The van der Waals surface area contributed by atoms with Crippen molar-refractivity contribution in [3.8, 4) is 0 Å². The number of halogens is 3. The molecule has 0 saturated heterocycles. The smallest absolute Gasteiger partial charge is 0.257 e. The van der Waals surface area contributed by atoms with Crippen LogP contribution in [0.3, 0.4) is 0 Å². The Balaban J connectivity index is 2.71. The second-order valence-corrected chi connectivity index (χ2v) is 3.77. The zero-order valence-corrected chi connectivity index (χ0v) is 7.36. The van der Waals surface area contributed by atoms with Crippen molar-refractivity contribution in [2.75, 3.05) is 0 Å². The minimum atomic E-state index is -2.47. The van der Waals surface area contributed by atoms with E-state index < -0.39 is 23.0 Å². The summed E-state index contributed by atoms with van der Waals surface area (Å²) in [5.41, 5.74) is 0. The molecule has 68 valence electrons. The lowest BCUT2D eigenvalue weighted by atomic mass is 10.7. The Bertz CT molecular complexity index is 291. The van der Waals surface area contributed by atoms with Gasteiger partial charge in [-0.25, -0.2) is 13.0 Å². The van der Waals surface area contributed by atoms with Gasteiger partial charge in [-0.3, -0.25) is 4.68 Å². The summed E-state index contributed by atoms with van der Waals surface area (Å²) >= 11 is 0. The normalized spacial score (nSPS) is 13.7. The van der Waals surface area contributed by atoms with E-state index in [1.807, 2.05) is 0 Å². The molecule has 1 aromatic heterocycles. The van der Waals surface area contributed by atoms with E-state index in [9.17, 15) is 13.0 Å².